The van der Waals surface area contributed by atoms with Gasteiger partial charge < -0.3 is 4.98 Å². The van der Waals surface area contributed by atoms with E-state index in [4.69, 9.17) is 0 Å². The third-order valence-corrected chi connectivity index (χ3v) is 1.30. The number of H-pyrrole nitrogens is 1. The number of nitrogens with one attached hydrogen (secondary N) is 1. The molecule has 0 radical (unpaired) electrons. The Morgan fingerprint density at radius 1 is 1.64 bits per heavy atom. The fourth-order valence-corrected chi connectivity index (χ4v) is 0.791. The molecule has 0 aliphatic rings. The largest absolute Gasteiger partial charge is 0.348 e. The molecule has 11 heavy (non-hydrogen) atoms. The van der Waals surface area contributed by atoms with Crippen molar-refractivity contribution in [2.45, 2.75) is 27.2 Å². The van der Waals surface area contributed by atoms with Crippen molar-refractivity contribution >= 4 is 6.08 Å². The summed E-state index contributed by atoms with van der Waals surface area (Å²) in [5.74, 6) is 0. The summed E-state index contributed by atoms with van der Waals surface area (Å²) in [5.41, 5.74) is 2.13. The van der Waals surface area contributed by atoms with Crippen LogP contribution in [0, 0.1) is 0 Å². The highest BCUT2D eigenvalue weighted by Gasteiger charge is 1.95. The van der Waals surface area contributed by atoms with Crippen LogP contribution in [0.5, 0.6) is 0 Å². The van der Waals surface area contributed by atoms with Crippen LogP contribution in [0.2, 0.25) is 0 Å². The molecule has 1 aromatic heterocycles. The lowest BCUT2D eigenvalue weighted by Gasteiger charge is -1.88. The van der Waals surface area contributed by atoms with Gasteiger partial charge in [0.05, 0.1) is 12.0 Å². The molecule has 0 amide bonds. The fraction of sp³-hybridized carbons (Fsp3) is 0.444. The lowest BCUT2D eigenvalue weighted by Crippen LogP contribution is -1.81. The van der Waals surface area contributed by atoms with Crippen LogP contribution >= 0.6 is 0 Å². The van der Waals surface area contributed by atoms with Crippen molar-refractivity contribution in [1.82, 2.24) is 9.97 Å². The predicted octanol–water partition coefficient (Wildman–Crippen LogP) is 2.64. The van der Waals surface area contributed by atoms with Crippen LogP contribution in [-0.4, -0.2) is 9.97 Å². The van der Waals surface area contributed by atoms with Gasteiger partial charge in [0.1, 0.15) is 0 Å². The van der Waals surface area contributed by atoms with E-state index >= 15 is 0 Å². The molecule has 2 heteroatoms. The molecule has 0 fully saturated rings. The molecule has 0 saturated carbocycles. The van der Waals surface area contributed by atoms with Gasteiger partial charge >= 0.3 is 0 Å². The Kier molecular flexibility index (Phi) is 5.17. The molecule has 0 saturated heterocycles. The minimum Gasteiger partial charge on any atom is -0.348 e. The summed E-state index contributed by atoms with van der Waals surface area (Å²) in [6, 6.07) is 0. The first-order valence-corrected chi connectivity index (χ1v) is 4.03. The van der Waals surface area contributed by atoms with E-state index in [0.29, 0.717) is 0 Å². The molecule has 0 aromatic carbocycles. The number of hydrogen-bond donors (Lipinski definition) is 1. The van der Waals surface area contributed by atoms with Crippen LogP contribution < -0.4 is 0 Å². The summed E-state index contributed by atoms with van der Waals surface area (Å²) in [5, 5.41) is 0. The monoisotopic (exact) mass is 152 g/mol. The summed E-state index contributed by atoms with van der Waals surface area (Å²) in [7, 11) is 0. The highest BCUT2D eigenvalue weighted by molar-refractivity contribution is 5.44. The van der Waals surface area contributed by atoms with E-state index in [1.165, 1.54) is 0 Å². The van der Waals surface area contributed by atoms with Gasteiger partial charge in [0, 0.05) is 5.69 Å². The van der Waals surface area contributed by atoms with Gasteiger partial charge in [0.25, 0.3) is 0 Å². The molecule has 0 atom stereocenters. The molecular formula is C9H16N2. The topological polar surface area (TPSA) is 28.7 Å². The second-order valence-corrected chi connectivity index (χ2v) is 1.82. The molecule has 2 nitrogen and oxygen atoms in total. The lowest BCUT2D eigenvalue weighted by atomic mass is 10.3. The first-order chi connectivity index (χ1) is 5.38. The van der Waals surface area contributed by atoms with Crippen LogP contribution in [0.3, 0.4) is 0 Å². The van der Waals surface area contributed by atoms with E-state index in [9.17, 15) is 0 Å². The number of rotatable bonds is 2. The summed E-state index contributed by atoms with van der Waals surface area (Å²) >= 11 is 0. The third kappa shape index (κ3) is 2.58. The second-order valence-electron chi connectivity index (χ2n) is 1.82. The molecule has 0 aliphatic heterocycles. The van der Waals surface area contributed by atoms with Crippen molar-refractivity contribution in [2.24, 2.45) is 0 Å². The molecule has 0 bridgehead atoms. The maximum Gasteiger partial charge on any atom is 0.0929 e. The average molecular weight is 152 g/mol. The van der Waals surface area contributed by atoms with Crippen LogP contribution in [0.15, 0.2) is 12.9 Å². The molecule has 0 unspecified atom stereocenters. The van der Waals surface area contributed by atoms with Crippen LogP contribution in [-0.2, 0) is 6.42 Å². The first kappa shape index (κ1) is 9.95. The smallest absolute Gasteiger partial charge is 0.0929 e. The van der Waals surface area contributed by atoms with E-state index in [0.717, 1.165) is 17.8 Å². The van der Waals surface area contributed by atoms with Gasteiger partial charge in [-0.1, -0.05) is 27.4 Å². The van der Waals surface area contributed by atoms with E-state index in [2.05, 4.69) is 23.5 Å². The second kappa shape index (κ2) is 5.71. The van der Waals surface area contributed by atoms with Gasteiger partial charge in [-0.25, -0.2) is 4.98 Å². The van der Waals surface area contributed by atoms with Gasteiger partial charge in [-0.2, -0.15) is 0 Å². The Balaban J connectivity index is 0.000000461. The van der Waals surface area contributed by atoms with Crippen LogP contribution in [0.1, 0.15) is 32.2 Å². The van der Waals surface area contributed by atoms with Gasteiger partial charge in [-0.3, -0.25) is 0 Å². The van der Waals surface area contributed by atoms with Crippen molar-refractivity contribution in [1.29, 1.82) is 0 Å². The maximum atomic E-state index is 4.03. The van der Waals surface area contributed by atoms with Crippen molar-refractivity contribution < 1.29 is 0 Å². The van der Waals surface area contributed by atoms with Gasteiger partial charge in [-0.05, 0) is 12.5 Å². The van der Waals surface area contributed by atoms with Crippen molar-refractivity contribution in [2.75, 3.05) is 0 Å². The number of nitrogens with zero attached hydrogens (tertiary/aromatic N) is 1. The number of hydrogen-bond acceptors (Lipinski definition) is 1. The Bertz CT molecular complexity index is 201. The summed E-state index contributed by atoms with van der Waals surface area (Å²) in [4.78, 5) is 7.06. The van der Waals surface area contributed by atoms with Gasteiger partial charge in [-0.15, -0.1) is 0 Å². The Hall–Kier alpha value is -1.05. The quantitative estimate of drug-likeness (QED) is 0.693. The summed E-state index contributed by atoms with van der Waals surface area (Å²) in [6.07, 6.45) is 4.44. The third-order valence-electron chi connectivity index (χ3n) is 1.30. The molecule has 0 spiro atoms. The standard InChI is InChI=1S/C7H10N2.C2H6/c1-3-6-7(4-2)9-5-8-6;1-2/h3,5H,1,4H2,2H3,(H,8,9);1-2H3. The Morgan fingerprint density at radius 3 is 2.64 bits per heavy atom. The zero-order valence-corrected chi connectivity index (χ0v) is 7.52. The highest BCUT2D eigenvalue weighted by atomic mass is 14.9. The summed E-state index contributed by atoms with van der Waals surface area (Å²) < 4.78 is 0. The van der Waals surface area contributed by atoms with Crippen LogP contribution in [0.25, 0.3) is 6.08 Å². The molecule has 1 rings (SSSR count). The average Bonchev–Trinajstić information content (AvgIpc) is 2.54. The zero-order chi connectivity index (χ0) is 8.69. The lowest BCUT2D eigenvalue weighted by molar-refractivity contribution is 1.06. The normalized spacial score (nSPS) is 8.27. The Labute approximate surface area is 68.4 Å². The van der Waals surface area contributed by atoms with E-state index in [1.807, 2.05) is 13.8 Å². The minimum absolute atomic E-state index is 0.970. The van der Waals surface area contributed by atoms with E-state index < -0.39 is 0 Å². The van der Waals surface area contributed by atoms with Crippen molar-refractivity contribution in [3.05, 3.63) is 24.3 Å². The molecular weight excluding hydrogens is 136 g/mol. The van der Waals surface area contributed by atoms with Crippen molar-refractivity contribution in [3.8, 4) is 0 Å². The number of aromatic nitrogens is 2. The SMILES string of the molecule is C=Cc1nc[nH]c1CC.CC. The molecule has 0 aliphatic carbocycles. The molecule has 1 heterocycles. The van der Waals surface area contributed by atoms with E-state index in [-0.39, 0.29) is 0 Å². The Morgan fingerprint density at radius 2 is 2.27 bits per heavy atom. The van der Waals surface area contributed by atoms with Crippen molar-refractivity contribution in [3.63, 3.8) is 0 Å². The molecule has 1 N–H and O–H groups in total. The fourth-order valence-electron chi connectivity index (χ4n) is 0.791. The highest BCUT2D eigenvalue weighted by Crippen LogP contribution is 2.03. The van der Waals surface area contributed by atoms with E-state index in [1.54, 1.807) is 12.4 Å². The van der Waals surface area contributed by atoms with Crippen LogP contribution in [0.4, 0.5) is 0 Å². The van der Waals surface area contributed by atoms with Gasteiger partial charge in [0.2, 0.25) is 0 Å². The number of aryl methyl sites for hydroxylation is 1. The molecule has 62 valence electrons. The zero-order valence-electron chi connectivity index (χ0n) is 7.52. The van der Waals surface area contributed by atoms with Gasteiger partial charge in [0.15, 0.2) is 0 Å². The minimum atomic E-state index is 0.970. The predicted molar refractivity (Wildman–Crippen MR) is 49.4 cm³/mol. The first-order valence-electron chi connectivity index (χ1n) is 4.03. The number of imidazole rings is 1. The maximum absolute atomic E-state index is 4.03. The molecule has 1 aromatic rings. The summed E-state index contributed by atoms with van der Waals surface area (Å²) in [6.45, 7) is 9.71. The number of aromatic amines is 1.